The van der Waals surface area contributed by atoms with Gasteiger partial charge >= 0.3 is 0 Å². The molecule has 0 radical (unpaired) electrons. The van der Waals surface area contributed by atoms with Crippen LogP contribution in [-0.2, 0) is 0 Å². The number of rotatable bonds is 9. The SMILES string of the molecule is c1ccc(-c2ccccc2N(c2cccc(-c3ccccc3N(c3ccc4c(c3)sc3ccccc34)c3ccccc3-c3ccccc3)c2)c2ccc3c(c2)sc2ccccc23)cc1. The second-order valence-corrected chi connectivity index (χ2v) is 18.2. The van der Waals surface area contributed by atoms with Crippen LogP contribution in [0.1, 0.15) is 0 Å². The summed E-state index contributed by atoms with van der Waals surface area (Å²) in [5.74, 6) is 0. The molecule has 0 saturated carbocycles. The highest BCUT2D eigenvalue weighted by Gasteiger charge is 2.23. The van der Waals surface area contributed by atoms with Crippen molar-refractivity contribution in [1.82, 2.24) is 0 Å². The molecule has 0 saturated heterocycles. The third-order valence-corrected chi connectivity index (χ3v) is 14.5. The quantitative estimate of drug-likeness (QED) is 0.143. The Morgan fingerprint density at radius 2 is 0.609 bits per heavy atom. The zero-order chi connectivity index (χ0) is 42.4. The van der Waals surface area contributed by atoms with E-state index in [4.69, 9.17) is 0 Å². The van der Waals surface area contributed by atoms with Gasteiger partial charge in [0.15, 0.2) is 0 Å². The molecule has 0 N–H and O–H groups in total. The highest BCUT2D eigenvalue weighted by molar-refractivity contribution is 7.26. The normalized spacial score (nSPS) is 11.4. The van der Waals surface area contributed by atoms with Gasteiger partial charge in [0.1, 0.15) is 0 Å². The van der Waals surface area contributed by atoms with E-state index < -0.39 is 0 Å². The van der Waals surface area contributed by atoms with Crippen molar-refractivity contribution in [2.75, 3.05) is 9.80 Å². The first-order valence-corrected chi connectivity index (χ1v) is 23.3. The molecule has 2 nitrogen and oxygen atoms in total. The average molecular weight is 853 g/mol. The zero-order valence-corrected chi connectivity index (χ0v) is 36.4. The number of anilines is 6. The molecule has 0 unspecified atom stereocenters. The van der Waals surface area contributed by atoms with Crippen LogP contribution in [0.5, 0.6) is 0 Å². The monoisotopic (exact) mass is 852 g/mol. The number of hydrogen-bond acceptors (Lipinski definition) is 4. The van der Waals surface area contributed by atoms with Crippen molar-refractivity contribution < 1.29 is 0 Å². The van der Waals surface area contributed by atoms with Crippen molar-refractivity contribution in [2.24, 2.45) is 0 Å². The molecule has 2 heterocycles. The number of para-hydroxylation sites is 3. The molecule has 0 atom stereocenters. The summed E-state index contributed by atoms with van der Waals surface area (Å²) in [5.41, 5.74) is 13.6. The van der Waals surface area contributed by atoms with E-state index in [1.165, 1.54) is 62.6 Å². The van der Waals surface area contributed by atoms with Crippen LogP contribution < -0.4 is 9.80 Å². The molecule has 0 spiro atoms. The van der Waals surface area contributed by atoms with Gasteiger partial charge in [0.2, 0.25) is 0 Å². The Morgan fingerprint density at radius 1 is 0.234 bits per heavy atom. The Kier molecular flexibility index (Phi) is 9.59. The molecule has 0 aliphatic rings. The lowest BCUT2D eigenvalue weighted by molar-refractivity contribution is 1.28. The maximum atomic E-state index is 2.46. The highest BCUT2D eigenvalue weighted by atomic mass is 32.1. The molecule has 12 rings (SSSR count). The second-order valence-electron chi connectivity index (χ2n) is 16.1. The fourth-order valence-electron chi connectivity index (χ4n) is 9.33. The highest BCUT2D eigenvalue weighted by Crippen LogP contribution is 2.49. The predicted octanol–water partition coefficient (Wildman–Crippen LogP) is 18.4. The van der Waals surface area contributed by atoms with E-state index in [1.807, 2.05) is 22.7 Å². The van der Waals surface area contributed by atoms with Crippen LogP contribution in [0, 0.1) is 0 Å². The van der Waals surface area contributed by atoms with Crippen LogP contribution in [0.15, 0.2) is 243 Å². The van der Waals surface area contributed by atoms with E-state index in [9.17, 15) is 0 Å². The number of benzene rings is 10. The van der Waals surface area contributed by atoms with Crippen molar-refractivity contribution >= 4 is 97.1 Å². The van der Waals surface area contributed by atoms with Crippen LogP contribution in [0.3, 0.4) is 0 Å². The number of thiophene rings is 2. The molecule has 0 aliphatic heterocycles. The summed E-state index contributed by atoms with van der Waals surface area (Å²) in [7, 11) is 0. The van der Waals surface area contributed by atoms with E-state index >= 15 is 0 Å². The van der Waals surface area contributed by atoms with Gasteiger partial charge in [-0.1, -0.05) is 176 Å². The summed E-state index contributed by atoms with van der Waals surface area (Å²) in [6.07, 6.45) is 0. The van der Waals surface area contributed by atoms with E-state index in [1.54, 1.807) is 0 Å². The van der Waals surface area contributed by atoms with Crippen LogP contribution >= 0.6 is 22.7 Å². The van der Waals surface area contributed by atoms with E-state index in [0.717, 1.165) is 45.3 Å². The largest absolute Gasteiger partial charge is 0.310 e. The summed E-state index contributed by atoms with van der Waals surface area (Å²) >= 11 is 3.71. The lowest BCUT2D eigenvalue weighted by Crippen LogP contribution is -2.13. The third-order valence-electron chi connectivity index (χ3n) is 12.3. The van der Waals surface area contributed by atoms with E-state index in [2.05, 4.69) is 252 Å². The maximum absolute atomic E-state index is 2.46. The van der Waals surface area contributed by atoms with Crippen molar-refractivity contribution in [3.05, 3.63) is 243 Å². The molecular formula is C60H40N2S2. The summed E-state index contributed by atoms with van der Waals surface area (Å²) in [6, 6.07) is 88.5. The Hall–Kier alpha value is -7.76. The van der Waals surface area contributed by atoms with Gasteiger partial charge in [0, 0.05) is 74.1 Å². The molecule has 10 aromatic carbocycles. The molecule has 4 heteroatoms. The molecule has 302 valence electrons. The van der Waals surface area contributed by atoms with Gasteiger partial charge in [-0.3, -0.25) is 0 Å². The van der Waals surface area contributed by atoms with Crippen molar-refractivity contribution in [3.63, 3.8) is 0 Å². The average Bonchev–Trinajstić information content (AvgIpc) is 3.93. The standard InChI is InChI=1S/C60H40N2S2/c1-3-18-41(19-4-1)47-24-7-12-29-54(47)61(45-34-36-52-50-27-10-15-32-57(50)63-59(52)39-45)44-23-17-22-43(38-44)49-26-9-14-31-56(49)62(55-30-13-8-25-48(55)42-20-5-2-6-21-42)46-35-37-53-51-28-11-16-33-58(51)64-60(53)40-46/h1-40H. The Balaban J connectivity index is 1.06. The molecule has 0 aliphatic carbocycles. The van der Waals surface area contributed by atoms with Gasteiger partial charge in [-0.2, -0.15) is 0 Å². The van der Waals surface area contributed by atoms with Gasteiger partial charge < -0.3 is 9.80 Å². The minimum Gasteiger partial charge on any atom is -0.310 e. The summed E-state index contributed by atoms with van der Waals surface area (Å²) < 4.78 is 5.14. The van der Waals surface area contributed by atoms with Gasteiger partial charge in [0.05, 0.1) is 17.1 Å². The fraction of sp³-hybridized carbons (Fsp3) is 0. The first-order valence-electron chi connectivity index (χ1n) is 21.7. The van der Waals surface area contributed by atoms with E-state index in [-0.39, 0.29) is 0 Å². The summed E-state index contributed by atoms with van der Waals surface area (Å²) in [6.45, 7) is 0. The molecule has 2 aromatic heterocycles. The first-order chi connectivity index (χ1) is 31.7. The minimum atomic E-state index is 1.08. The number of hydrogen-bond donors (Lipinski definition) is 0. The topological polar surface area (TPSA) is 6.48 Å². The lowest BCUT2D eigenvalue weighted by atomic mass is 9.97. The second kappa shape index (κ2) is 16.2. The molecule has 64 heavy (non-hydrogen) atoms. The Morgan fingerprint density at radius 3 is 1.14 bits per heavy atom. The molecule has 0 amide bonds. The van der Waals surface area contributed by atoms with Crippen LogP contribution in [0.2, 0.25) is 0 Å². The number of fused-ring (bicyclic) bond motifs is 6. The summed E-state index contributed by atoms with van der Waals surface area (Å²) in [4.78, 5) is 4.90. The Labute approximate surface area is 380 Å². The molecule has 0 bridgehead atoms. The van der Waals surface area contributed by atoms with Crippen molar-refractivity contribution in [1.29, 1.82) is 0 Å². The Bertz CT molecular complexity index is 3640. The van der Waals surface area contributed by atoms with Crippen molar-refractivity contribution in [3.8, 4) is 33.4 Å². The van der Waals surface area contributed by atoms with Crippen molar-refractivity contribution in [2.45, 2.75) is 0 Å². The van der Waals surface area contributed by atoms with Gasteiger partial charge in [-0.25, -0.2) is 0 Å². The smallest absolute Gasteiger partial charge is 0.0540 e. The van der Waals surface area contributed by atoms with Crippen LogP contribution in [0.25, 0.3) is 73.7 Å². The number of nitrogens with zero attached hydrogens (tertiary/aromatic N) is 2. The van der Waals surface area contributed by atoms with E-state index in [0.29, 0.717) is 0 Å². The van der Waals surface area contributed by atoms with Gasteiger partial charge in [-0.05, 0) is 83.4 Å². The lowest BCUT2D eigenvalue weighted by Gasteiger charge is -2.31. The maximum Gasteiger partial charge on any atom is 0.0540 e. The zero-order valence-electron chi connectivity index (χ0n) is 34.8. The first kappa shape index (κ1) is 38.0. The minimum absolute atomic E-state index is 1.08. The third kappa shape index (κ3) is 6.72. The predicted molar refractivity (Wildman–Crippen MR) is 278 cm³/mol. The van der Waals surface area contributed by atoms with Crippen LogP contribution in [0.4, 0.5) is 34.1 Å². The summed E-state index contributed by atoms with van der Waals surface area (Å²) in [5, 5.41) is 5.17. The molecule has 0 fully saturated rings. The fourth-order valence-corrected chi connectivity index (χ4v) is 11.6. The molecule has 12 aromatic rings. The van der Waals surface area contributed by atoms with Gasteiger partial charge in [-0.15, -0.1) is 22.7 Å². The van der Waals surface area contributed by atoms with Gasteiger partial charge in [0.25, 0.3) is 0 Å². The van der Waals surface area contributed by atoms with Crippen LogP contribution in [-0.4, -0.2) is 0 Å². The molecular weight excluding hydrogens is 813 g/mol.